The number of hydrogen-bond acceptors (Lipinski definition) is 2. The van der Waals surface area contributed by atoms with Crippen LogP contribution < -0.4 is 5.32 Å². The van der Waals surface area contributed by atoms with Crippen molar-refractivity contribution in [2.45, 2.75) is 39.7 Å². The molecule has 0 spiro atoms. The quantitative estimate of drug-likeness (QED) is 0.470. The lowest BCUT2D eigenvalue weighted by Gasteiger charge is -2.33. The molecule has 0 amide bonds. The van der Waals surface area contributed by atoms with E-state index in [-0.39, 0.29) is 24.0 Å². The van der Waals surface area contributed by atoms with Crippen molar-refractivity contribution in [1.82, 2.24) is 10.2 Å². The Morgan fingerprint density at radius 2 is 2.20 bits per heavy atom. The van der Waals surface area contributed by atoms with Gasteiger partial charge in [0, 0.05) is 29.9 Å². The van der Waals surface area contributed by atoms with Gasteiger partial charge in [-0.1, -0.05) is 13.8 Å². The van der Waals surface area contributed by atoms with Gasteiger partial charge in [0.1, 0.15) is 0 Å². The van der Waals surface area contributed by atoms with Crippen molar-refractivity contribution in [1.29, 1.82) is 0 Å². The first-order valence-corrected chi connectivity index (χ1v) is 8.07. The Kier molecular flexibility index (Phi) is 7.87. The van der Waals surface area contributed by atoms with E-state index in [0.29, 0.717) is 0 Å². The van der Waals surface area contributed by atoms with Crippen LogP contribution in [0.15, 0.2) is 17.1 Å². The molecule has 5 heteroatoms. The third-order valence-electron chi connectivity index (χ3n) is 3.65. The lowest BCUT2D eigenvalue weighted by atomic mass is 10.0. The fraction of sp³-hybridized carbons (Fsp3) is 0.667. The third-order valence-corrected chi connectivity index (χ3v) is 4.88. The predicted octanol–water partition coefficient (Wildman–Crippen LogP) is 3.74. The molecule has 1 aromatic rings. The number of likely N-dealkylation sites (tertiary alicyclic amines) is 1. The van der Waals surface area contributed by atoms with Crippen molar-refractivity contribution in [2.75, 3.05) is 20.1 Å². The summed E-state index contributed by atoms with van der Waals surface area (Å²) in [4.78, 5) is 9.66. The van der Waals surface area contributed by atoms with Crippen LogP contribution in [0, 0.1) is 5.92 Å². The summed E-state index contributed by atoms with van der Waals surface area (Å²) in [7, 11) is 1.88. The zero-order valence-electron chi connectivity index (χ0n) is 12.7. The molecular weight excluding hydrogens is 381 g/mol. The van der Waals surface area contributed by atoms with Crippen molar-refractivity contribution in [3.63, 3.8) is 0 Å². The maximum absolute atomic E-state index is 4.42. The van der Waals surface area contributed by atoms with E-state index in [9.17, 15) is 0 Å². The Morgan fingerprint density at radius 1 is 1.45 bits per heavy atom. The lowest BCUT2D eigenvalue weighted by molar-refractivity contribution is 0.266. The Bertz CT molecular complexity index is 431. The fourth-order valence-corrected chi connectivity index (χ4v) is 3.49. The summed E-state index contributed by atoms with van der Waals surface area (Å²) in [6.07, 6.45) is 3.75. The molecular formula is C15H26IN3S. The molecule has 0 bridgehead atoms. The number of halogens is 1. The van der Waals surface area contributed by atoms with E-state index in [1.165, 1.54) is 22.6 Å². The van der Waals surface area contributed by atoms with Crippen LogP contribution in [-0.4, -0.2) is 31.0 Å². The summed E-state index contributed by atoms with van der Waals surface area (Å²) in [6, 6.07) is 4.45. The zero-order valence-corrected chi connectivity index (χ0v) is 15.8. The lowest BCUT2D eigenvalue weighted by Crippen LogP contribution is -2.45. The van der Waals surface area contributed by atoms with Gasteiger partial charge in [0.05, 0.1) is 6.54 Å². The zero-order chi connectivity index (χ0) is 13.7. The number of piperidine rings is 1. The van der Waals surface area contributed by atoms with E-state index >= 15 is 0 Å². The van der Waals surface area contributed by atoms with Crippen molar-refractivity contribution in [3.05, 3.63) is 21.9 Å². The second-order valence-corrected chi connectivity index (χ2v) is 6.57. The fourth-order valence-electron chi connectivity index (χ4n) is 2.59. The molecule has 0 saturated carbocycles. The Balaban J connectivity index is 0.00000200. The monoisotopic (exact) mass is 407 g/mol. The molecule has 2 rings (SSSR count). The molecule has 1 unspecified atom stereocenters. The number of aryl methyl sites for hydroxylation is 1. The van der Waals surface area contributed by atoms with E-state index in [4.69, 9.17) is 0 Å². The van der Waals surface area contributed by atoms with Gasteiger partial charge in [-0.3, -0.25) is 4.99 Å². The highest BCUT2D eigenvalue weighted by Crippen LogP contribution is 2.18. The molecule has 1 saturated heterocycles. The average molecular weight is 407 g/mol. The number of nitrogens with zero attached hydrogens (tertiary/aromatic N) is 2. The van der Waals surface area contributed by atoms with Crippen molar-refractivity contribution in [2.24, 2.45) is 10.9 Å². The summed E-state index contributed by atoms with van der Waals surface area (Å²) in [6.45, 7) is 7.69. The molecule has 1 atom stereocenters. The van der Waals surface area contributed by atoms with Crippen LogP contribution in [-0.2, 0) is 13.0 Å². The second-order valence-electron chi connectivity index (χ2n) is 5.32. The third kappa shape index (κ3) is 4.91. The minimum Gasteiger partial charge on any atom is -0.351 e. The van der Waals surface area contributed by atoms with Gasteiger partial charge in [-0.25, -0.2) is 0 Å². The Labute approximate surface area is 143 Å². The summed E-state index contributed by atoms with van der Waals surface area (Å²) >= 11 is 1.90. The molecule has 1 N–H and O–H groups in total. The topological polar surface area (TPSA) is 27.6 Å². The second kappa shape index (κ2) is 8.87. The standard InChI is InChI=1S/C15H25N3S.HI/c1-4-13-7-8-14(19-13)10-17-15(16-3)18-9-5-6-12(2)11-18;/h7-8,12H,4-6,9-11H2,1-3H3,(H,16,17);1H. The molecule has 3 nitrogen and oxygen atoms in total. The van der Waals surface area contributed by atoms with Crippen LogP contribution in [0.1, 0.15) is 36.4 Å². The molecule has 1 fully saturated rings. The van der Waals surface area contributed by atoms with Gasteiger partial charge < -0.3 is 10.2 Å². The van der Waals surface area contributed by atoms with Crippen LogP contribution in [0.25, 0.3) is 0 Å². The van der Waals surface area contributed by atoms with Crippen molar-refractivity contribution in [3.8, 4) is 0 Å². The van der Waals surface area contributed by atoms with Crippen LogP contribution in [0.2, 0.25) is 0 Å². The normalized spacial score (nSPS) is 19.6. The highest BCUT2D eigenvalue weighted by atomic mass is 127. The molecule has 0 aliphatic carbocycles. The number of guanidine groups is 1. The smallest absolute Gasteiger partial charge is 0.193 e. The first-order valence-electron chi connectivity index (χ1n) is 7.26. The minimum atomic E-state index is 0. The predicted molar refractivity (Wildman–Crippen MR) is 99.3 cm³/mol. The Hall–Kier alpha value is -0.300. The highest BCUT2D eigenvalue weighted by molar-refractivity contribution is 14.0. The van der Waals surface area contributed by atoms with Gasteiger partial charge in [0.25, 0.3) is 0 Å². The number of hydrogen-bond donors (Lipinski definition) is 1. The molecule has 0 radical (unpaired) electrons. The van der Waals surface area contributed by atoms with Gasteiger partial charge in [0.2, 0.25) is 0 Å². The molecule has 0 aromatic carbocycles. The summed E-state index contributed by atoms with van der Waals surface area (Å²) in [5.41, 5.74) is 0. The molecule has 2 heterocycles. The minimum absolute atomic E-state index is 0. The first-order chi connectivity index (χ1) is 9.22. The molecule has 1 aliphatic rings. The van der Waals surface area contributed by atoms with Gasteiger partial charge >= 0.3 is 0 Å². The van der Waals surface area contributed by atoms with E-state index in [1.54, 1.807) is 0 Å². The molecule has 20 heavy (non-hydrogen) atoms. The maximum Gasteiger partial charge on any atom is 0.193 e. The van der Waals surface area contributed by atoms with Crippen molar-refractivity contribution >= 4 is 41.3 Å². The van der Waals surface area contributed by atoms with E-state index in [2.05, 4.69) is 41.2 Å². The van der Waals surface area contributed by atoms with Crippen LogP contribution in [0.4, 0.5) is 0 Å². The van der Waals surface area contributed by atoms with Crippen molar-refractivity contribution < 1.29 is 0 Å². The Morgan fingerprint density at radius 3 is 2.80 bits per heavy atom. The summed E-state index contributed by atoms with van der Waals surface area (Å²) in [5, 5.41) is 3.50. The number of nitrogens with one attached hydrogen (secondary N) is 1. The van der Waals surface area contributed by atoms with Crippen LogP contribution >= 0.6 is 35.3 Å². The number of aliphatic imine (C=N–C) groups is 1. The van der Waals surface area contributed by atoms with Crippen LogP contribution in [0.3, 0.4) is 0 Å². The van der Waals surface area contributed by atoms with Gasteiger partial charge in [-0.15, -0.1) is 35.3 Å². The van der Waals surface area contributed by atoms with Gasteiger partial charge in [-0.2, -0.15) is 0 Å². The van der Waals surface area contributed by atoms with E-state index in [1.807, 2.05) is 18.4 Å². The van der Waals surface area contributed by atoms with E-state index < -0.39 is 0 Å². The molecule has 1 aromatic heterocycles. The summed E-state index contributed by atoms with van der Waals surface area (Å²) in [5.74, 6) is 1.83. The summed E-state index contributed by atoms with van der Waals surface area (Å²) < 4.78 is 0. The van der Waals surface area contributed by atoms with E-state index in [0.717, 1.165) is 37.9 Å². The average Bonchev–Trinajstić information content (AvgIpc) is 2.87. The maximum atomic E-state index is 4.42. The van der Waals surface area contributed by atoms with Gasteiger partial charge in [0.15, 0.2) is 5.96 Å². The largest absolute Gasteiger partial charge is 0.351 e. The molecule has 114 valence electrons. The van der Waals surface area contributed by atoms with Gasteiger partial charge in [-0.05, 0) is 37.3 Å². The van der Waals surface area contributed by atoms with Crippen LogP contribution in [0.5, 0.6) is 0 Å². The SMILES string of the molecule is CCc1ccc(CNC(=NC)N2CCCC(C)C2)s1.I. The number of thiophene rings is 1. The molecule has 1 aliphatic heterocycles. The highest BCUT2D eigenvalue weighted by Gasteiger charge is 2.18. The first kappa shape index (κ1) is 17.8. The number of rotatable bonds is 3.